The standard InChI is InChI=1S/C44H80O14/c1-3-5-7-9-11-13-15-16-17-19-21-23-25-27-36(46)56-33(30-53-28-26-24-22-20-18-14-12-10-8-6-4-2)31-54-43-42(52)40(50)38(48)35(58-43)32-55-44-41(51)39(49)37(47)34(29-45)57-44/h7,9,13,15,33-35,37-45,47-52H,3-6,8,10-12,14,16-32H2,1-2H3/b9-7-,15-13-. The smallest absolute Gasteiger partial charge is 0.306 e. The first kappa shape index (κ1) is 52.6. The highest BCUT2D eigenvalue weighted by molar-refractivity contribution is 5.69. The van der Waals surface area contributed by atoms with Crippen LogP contribution in [0.4, 0.5) is 0 Å². The molecule has 0 radical (unpaired) electrons. The molecule has 11 atom stereocenters. The summed E-state index contributed by atoms with van der Waals surface area (Å²) in [6.45, 7) is 3.58. The van der Waals surface area contributed by atoms with E-state index in [2.05, 4.69) is 38.2 Å². The van der Waals surface area contributed by atoms with Gasteiger partial charge in [0.1, 0.15) is 54.9 Å². The molecule has 0 aromatic carbocycles. The van der Waals surface area contributed by atoms with Crippen molar-refractivity contribution >= 4 is 5.97 Å². The van der Waals surface area contributed by atoms with Crippen molar-refractivity contribution in [3.05, 3.63) is 24.3 Å². The largest absolute Gasteiger partial charge is 0.457 e. The minimum absolute atomic E-state index is 0.0586. The second kappa shape index (κ2) is 33.1. The summed E-state index contributed by atoms with van der Waals surface area (Å²) in [7, 11) is 0. The third-order valence-corrected chi connectivity index (χ3v) is 10.7. The fraction of sp³-hybridized carbons (Fsp3) is 0.886. The predicted octanol–water partition coefficient (Wildman–Crippen LogP) is 4.90. The average Bonchev–Trinajstić information content (AvgIpc) is 3.22. The Morgan fingerprint density at radius 2 is 1.10 bits per heavy atom. The molecule has 2 aliphatic rings. The van der Waals surface area contributed by atoms with Crippen LogP contribution in [0.1, 0.15) is 149 Å². The summed E-state index contributed by atoms with van der Waals surface area (Å²) in [6, 6.07) is 0. The Labute approximate surface area is 347 Å². The monoisotopic (exact) mass is 833 g/mol. The molecule has 14 nitrogen and oxygen atoms in total. The summed E-state index contributed by atoms with van der Waals surface area (Å²) in [6.07, 6.45) is 15.3. The van der Waals surface area contributed by atoms with Gasteiger partial charge in [0.05, 0.1) is 26.4 Å². The Balaban J connectivity index is 1.83. The van der Waals surface area contributed by atoms with Crippen molar-refractivity contribution in [3.8, 4) is 0 Å². The first-order chi connectivity index (χ1) is 28.1. The molecule has 0 bridgehead atoms. The topological polar surface area (TPSA) is 214 Å². The maximum atomic E-state index is 12.9. The molecule has 14 heteroatoms. The van der Waals surface area contributed by atoms with Crippen LogP contribution in [0.25, 0.3) is 0 Å². The highest BCUT2D eigenvalue weighted by atomic mass is 16.7. The molecule has 2 saturated heterocycles. The van der Waals surface area contributed by atoms with Gasteiger partial charge in [0.15, 0.2) is 12.6 Å². The molecular weight excluding hydrogens is 752 g/mol. The summed E-state index contributed by atoms with van der Waals surface area (Å²) in [4.78, 5) is 12.9. The fourth-order valence-electron chi connectivity index (χ4n) is 6.97. The zero-order valence-corrected chi connectivity index (χ0v) is 35.5. The average molecular weight is 833 g/mol. The summed E-state index contributed by atoms with van der Waals surface area (Å²) in [5, 5.41) is 71.8. The van der Waals surface area contributed by atoms with E-state index in [9.17, 15) is 40.5 Å². The van der Waals surface area contributed by atoms with Gasteiger partial charge in [-0.25, -0.2) is 0 Å². The Morgan fingerprint density at radius 1 is 0.569 bits per heavy atom. The van der Waals surface area contributed by atoms with Crippen LogP contribution >= 0.6 is 0 Å². The fourth-order valence-corrected chi connectivity index (χ4v) is 6.97. The third-order valence-electron chi connectivity index (χ3n) is 10.7. The van der Waals surface area contributed by atoms with Crippen molar-refractivity contribution in [2.45, 2.75) is 216 Å². The predicted molar refractivity (Wildman–Crippen MR) is 220 cm³/mol. The van der Waals surface area contributed by atoms with E-state index in [0.717, 1.165) is 64.2 Å². The lowest BCUT2D eigenvalue weighted by molar-refractivity contribution is -0.332. The molecule has 0 aliphatic carbocycles. The maximum Gasteiger partial charge on any atom is 0.306 e. The SMILES string of the molecule is CCC/C=C\C/C=C\CCCCCCCC(=O)OC(COCCCCCCCCCCCCC)COC1OC(COC2OC(CO)C(O)C(O)C2O)C(O)C(O)C1O. The number of aliphatic hydroxyl groups is 7. The van der Waals surface area contributed by atoms with E-state index < -0.39 is 86.7 Å². The Kier molecular flexibility index (Phi) is 30.1. The number of allylic oxidation sites excluding steroid dienone is 4. The lowest BCUT2D eigenvalue weighted by Gasteiger charge is -2.42. The molecule has 2 fully saturated rings. The number of ether oxygens (including phenoxy) is 6. The zero-order chi connectivity index (χ0) is 42.4. The molecule has 340 valence electrons. The molecule has 2 rings (SSSR count). The second-order valence-corrected chi connectivity index (χ2v) is 15.9. The van der Waals surface area contributed by atoms with Crippen LogP contribution in [0.2, 0.25) is 0 Å². The molecule has 0 amide bonds. The van der Waals surface area contributed by atoms with Crippen LogP contribution in [0.5, 0.6) is 0 Å². The van der Waals surface area contributed by atoms with Crippen molar-refractivity contribution in [2.75, 3.05) is 33.0 Å². The normalized spacial score (nSPS) is 28.4. The van der Waals surface area contributed by atoms with Crippen LogP contribution in [0, 0.1) is 0 Å². The molecule has 58 heavy (non-hydrogen) atoms. The van der Waals surface area contributed by atoms with E-state index in [0.29, 0.717) is 13.0 Å². The maximum absolute atomic E-state index is 12.9. The van der Waals surface area contributed by atoms with Crippen LogP contribution in [-0.4, -0.2) is 142 Å². The van der Waals surface area contributed by atoms with Crippen LogP contribution < -0.4 is 0 Å². The Hall–Kier alpha value is -1.53. The molecule has 0 aromatic heterocycles. The highest BCUT2D eigenvalue weighted by Gasteiger charge is 2.47. The zero-order valence-electron chi connectivity index (χ0n) is 35.5. The van der Waals surface area contributed by atoms with Gasteiger partial charge in [-0.15, -0.1) is 0 Å². The van der Waals surface area contributed by atoms with Crippen molar-refractivity contribution in [2.24, 2.45) is 0 Å². The van der Waals surface area contributed by atoms with Crippen molar-refractivity contribution in [1.82, 2.24) is 0 Å². The lowest BCUT2D eigenvalue weighted by atomic mass is 9.98. The Bertz CT molecular complexity index is 1060. The summed E-state index contributed by atoms with van der Waals surface area (Å²) in [5.41, 5.74) is 0. The van der Waals surface area contributed by atoms with Crippen LogP contribution in [-0.2, 0) is 33.2 Å². The number of hydrogen-bond donors (Lipinski definition) is 7. The van der Waals surface area contributed by atoms with Gasteiger partial charge in [0.2, 0.25) is 0 Å². The quantitative estimate of drug-likeness (QED) is 0.0261. The number of aliphatic hydroxyl groups excluding tert-OH is 7. The van der Waals surface area contributed by atoms with Gasteiger partial charge in [0, 0.05) is 13.0 Å². The molecule has 0 saturated carbocycles. The van der Waals surface area contributed by atoms with Crippen molar-refractivity contribution in [1.29, 1.82) is 0 Å². The van der Waals surface area contributed by atoms with Gasteiger partial charge in [-0.3, -0.25) is 4.79 Å². The number of carbonyl (C=O) groups is 1. The van der Waals surface area contributed by atoms with Gasteiger partial charge >= 0.3 is 5.97 Å². The van der Waals surface area contributed by atoms with E-state index in [-0.39, 0.29) is 19.6 Å². The van der Waals surface area contributed by atoms with E-state index >= 15 is 0 Å². The number of carbonyl (C=O) groups excluding carboxylic acids is 1. The van der Waals surface area contributed by atoms with Crippen LogP contribution in [0.15, 0.2) is 24.3 Å². The first-order valence-corrected chi connectivity index (χ1v) is 22.4. The lowest BCUT2D eigenvalue weighted by Crippen LogP contribution is -2.61. The number of rotatable bonds is 34. The van der Waals surface area contributed by atoms with Gasteiger partial charge in [-0.1, -0.05) is 128 Å². The number of hydrogen-bond acceptors (Lipinski definition) is 14. The first-order valence-electron chi connectivity index (χ1n) is 22.4. The minimum Gasteiger partial charge on any atom is -0.457 e. The highest BCUT2D eigenvalue weighted by Crippen LogP contribution is 2.26. The van der Waals surface area contributed by atoms with Gasteiger partial charge in [0.25, 0.3) is 0 Å². The van der Waals surface area contributed by atoms with Gasteiger partial charge < -0.3 is 64.2 Å². The molecular formula is C44H80O14. The minimum atomic E-state index is -1.70. The molecule has 2 aliphatic heterocycles. The molecule has 2 heterocycles. The van der Waals surface area contributed by atoms with Crippen LogP contribution in [0.3, 0.4) is 0 Å². The number of esters is 1. The summed E-state index contributed by atoms with van der Waals surface area (Å²) in [5.74, 6) is -0.391. The third kappa shape index (κ3) is 21.8. The van der Waals surface area contributed by atoms with Gasteiger partial charge in [-0.05, 0) is 38.5 Å². The van der Waals surface area contributed by atoms with Gasteiger partial charge in [-0.2, -0.15) is 0 Å². The summed E-state index contributed by atoms with van der Waals surface area (Å²) < 4.78 is 34.1. The van der Waals surface area contributed by atoms with E-state index in [1.54, 1.807) is 0 Å². The second-order valence-electron chi connectivity index (χ2n) is 15.9. The molecule has 0 aromatic rings. The van der Waals surface area contributed by atoms with E-state index in [1.807, 2.05) is 0 Å². The van der Waals surface area contributed by atoms with Crippen molar-refractivity contribution in [3.63, 3.8) is 0 Å². The van der Waals surface area contributed by atoms with Crippen molar-refractivity contribution < 1.29 is 69.0 Å². The Morgan fingerprint density at radius 3 is 1.72 bits per heavy atom. The molecule has 11 unspecified atom stereocenters. The summed E-state index contributed by atoms with van der Waals surface area (Å²) >= 11 is 0. The van der Waals surface area contributed by atoms with E-state index in [4.69, 9.17) is 28.4 Å². The van der Waals surface area contributed by atoms with E-state index in [1.165, 1.54) is 57.8 Å². The molecule has 7 N–H and O–H groups in total. The number of unbranched alkanes of at least 4 members (excludes halogenated alkanes) is 16. The molecule has 0 spiro atoms.